The van der Waals surface area contributed by atoms with Gasteiger partial charge < -0.3 is 10.4 Å². The van der Waals surface area contributed by atoms with Crippen LogP contribution in [0.3, 0.4) is 0 Å². The Kier molecular flexibility index (Phi) is 6.52. The molecule has 1 aromatic carbocycles. The molecule has 0 amide bonds. The van der Waals surface area contributed by atoms with Gasteiger partial charge in [-0.3, -0.25) is 4.79 Å². The highest BCUT2D eigenvalue weighted by atomic mass is 79.9. The highest BCUT2D eigenvalue weighted by molar-refractivity contribution is 9.10. The Morgan fingerprint density at radius 3 is 2.47 bits per heavy atom. The molecule has 0 atom stereocenters. The van der Waals surface area contributed by atoms with Gasteiger partial charge in [0.15, 0.2) is 0 Å². The lowest BCUT2D eigenvalue weighted by Crippen LogP contribution is -2.33. The molecule has 0 saturated carbocycles. The van der Waals surface area contributed by atoms with Crippen LogP contribution in [0.2, 0.25) is 0 Å². The monoisotopic (exact) mass is 327 g/mol. The molecule has 0 heterocycles. The molecule has 0 fully saturated rings. The number of benzene rings is 1. The Morgan fingerprint density at radius 2 is 1.89 bits per heavy atom. The Balaban J connectivity index is 2.31. The lowest BCUT2D eigenvalue weighted by atomic mass is 9.84. The molecule has 1 rings (SSSR count). The fourth-order valence-corrected chi connectivity index (χ4v) is 2.19. The fourth-order valence-electron chi connectivity index (χ4n) is 1.93. The van der Waals surface area contributed by atoms with E-state index in [1.807, 2.05) is 0 Å². The summed E-state index contributed by atoms with van der Waals surface area (Å²) in [4.78, 5) is 10.4. The van der Waals surface area contributed by atoms with E-state index in [1.165, 1.54) is 5.56 Å². The SMILES string of the molecule is CC(C)(CNCCCCC(=O)O)c1ccc(Br)cc1. The van der Waals surface area contributed by atoms with Crippen LogP contribution in [0.15, 0.2) is 28.7 Å². The van der Waals surface area contributed by atoms with Crippen molar-refractivity contribution in [1.82, 2.24) is 5.32 Å². The van der Waals surface area contributed by atoms with Crippen LogP contribution in [-0.4, -0.2) is 24.2 Å². The summed E-state index contributed by atoms with van der Waals surface area (Å²) in [5, 5.41) is 12.0. The van der Waals surface area contributed by atoms with Crippen molar-refractivity contribution in [3.05, 3.63) is 34.3 Å². The summed E-state index contributed by atoms with van der Waals surface area (Å²) in [6, 6.07) is 8.39. The molecule has 0 aromatic heterocycles. The number of halogens is 1. The van der Waals surface area contributed by atoms with Crippen molar-refractivity contribution >= 4 is 21.9 Å². The summed E-state index contributed by atoms with van der Waals surface area (Å²) < 4.78 is 1.09. The van der Waals surface area contributed by atoms with Gasteiger partial charge in [0.25, 0.3) is 0 Å². The number of carboxylic acids is 1. The summed E-state index contributed by atoms with van der Waals surface area (Å²) in [6.45, 7) is 6.18. The number of carbonyl (C=O) groups is 1. The largest absolute Gasteiger partial charge is 0.481 e. The van der Waals surface area contributed by atoms with E-state index in [9.17, 15) is 4.79 Å². The summed E-state index contributed by atoms with van der Waals surface area (Å²) >= 11 is 3.44. The van der Waals surface area contributed by atoms with Crippen molar-refractivity contribution in [2.75, 3.05) is 13.1 Å². The van der Waals surface area contributed by atoms with E-state index in [1.54, 1.807) is 0 Å². The van der Waals surface area contributed by atoms with Gasteiger partial charge in [0, 0.05) is 22.9 Å². The third-order valence-corrected chi connectivity index (χ3v) is 3.72. The fraction of sp³-hybridized carbons (Fsp3) is 0.533. The normalized spacial score (nSPS) is 11.5. The van der Waals surface area contributed by atoms with Gasteiger partial charge in [0.05, 0.1) is 0 Å². The van der Waals surface area contributed by atoms with Crippen LogP contribution in [0, 0.1) is 0 Å². The van der Waals surface area contributed by atoms with Crippen LogP contribution in [0.25, 0.3) is 0 Å². The number of nitrogens with one attached hydrogen (secondary N) is 1. The molecule has 0 spiro atoms. The first kappa shape index (κ1) is 16.2. The van der Waals surface area contributed by atoms with Crippen molar-refractivity contribution in [1.29, 1.82) is 0 Å². The maximum Gasteiger partial charge on any atom is 0.303 e. The van der Waals surface area contributed by atoms with Crippen LogP contribution < -0.4 is 5.32 Å². The molecule has 0 saturated heterocycles. The van der Waals surface area contributed by atoms with Crippen LogP contribution in [-0.2, 0) is 10.2 Å². The molecule has 0 bridgehead atoms. The Labute approximate surface area is 123 Å². The quantitative estimate of drug-likeness (QED) is 0.717. The number of rotatable bonds is 8. The second-order valence-corrected chi connectivity index (χ2v) is 6.33. The first-order valence-corrected chi connectivity index (χ1v) is 7.40. The molecule has 0 aliphatic heterocycles. The second kappa shape index (κ2) is 7.65. The third kappa shape index (κ3) is 6.21. The average Bonchev–Trinajstić information content (AvgIpc) is 2.34. The predicted molar refractivity (Wildman–Crippen MR) is 81.5 cm³/mol. The van der Waals surface area contributed by atoms with Crippen LogP contribution in [0.4, 0.5) is 0 Å². The zero-order valence-electron chi connectivity index (χ0n) is 11.6. The second-order valence-electron chi connectivity index (χ2n) is 5.42. The summed E-state index contributed by atoms with van der Waals surface area (Å²) in [5.74, 6) is -0.713. The van der Waals surface area contributed by atoms with Crippen LogP contribution in [0.5, 0.6) is 0 Å². The first-order valence-electron chi connectivity index (χ1n) is 6.60. The zero-order valence-corrected chi connectivity index (χ0v) is 13.2. The van der Waals surface area contributed by atoms with Crippen molar-refractivity contribution < 1.29 is 9.90 Å². The van der Waals surface area contributed by atoms with Gasteiger partial charge in [0.2, 0.25) is 0 Å². The van der Waals surface area contributed by atoms with E-state index in [2.05, 4.69) is 59.4 Å². The first-order chi connectivity index (χ1) is 8.92. The van der Waals surface area contributed by atoms with E-state index in [0.717, 1.165) is 30.4 Å². The van der Waals surface area contributed by atoms with Gasteiger partial charge in [-0.15, -0.1) is 0 Å². The Bertz CT molecular complexity index is 401. The zero-order chi connectivity index (χ0) is 14.3. The summed E-state index contributed by atoms with van der Waals surface area (Å²) in [7, 11) is 0. The molecule has 0 unspecified atom stereocenters. The van der Waals surface area contributed by atoms with Crippen molar-refractivity contribution in [3.8, 4) is 0 Å². The third-order valence-electron chi connectivity index (χ3n) is 3.19. The number of aliphatic carboxylic acids is 1. The standard InChI is InChI=1S/C15H22BrNO2/c1-15(2,12-6-8-13(16)9-7-12)11-17-10-4-3-5-14(18)19/h6-9,17H,3-5,10-11H2,1-2H3,(H,18,19). The molecule has 0 aliphatic rings. The van der Waals surface area contributed by atoms with Gasteiger partial charge in [-0.1, -0.05) is 41.9 Å². The highest BCUT2D eigenvalue weighted by Gasteiger charge is 2.19. The molecule has 3 nitrogen and oxygen atoms in total. The van der Waals surface area contributed by atoms with Gasteiger partial charge >= 0.3 is 5.97 Å². The Morgan fingerprint density at radius 1 is 1.26 bits per heavy atom. The lowest BCUT2D eigenvalue weighted by molar-refractivity contribution is -0.137. The molecular weight excluding hydrogens is 306 g/mol. The van der Waals surface area contributed by atoms with Crippen molar-refractivity contribution in [2.45, 2.75) is 38.5 Å². The van der Waals surface area contributed by atoms with Crippen LogP contribution in [0.1, 0.15) is 38.7 Å². The molecular formula is C15H22BrNO2. The molecule has 4 heteroatoms. The lowest BCUT2D eigenvalue weighted by Gasteiger charge is -2.26. The van der Waals surface area contributed by atoms with Crippen molar-refractivity contribution in [3.63, 3.8) is 0 Å². The molecule has 0 aliphatic carbocycles. The maximum atomic E-state index is 10.4. The minimum Gasteiger partial charge on any atom is -0.481 e. The predicted octanol–water partition coefficient (Wildman–Crippen LogP) is 3.57. The highest BCUT2D eigenvalue weighted by Crippen LogP contribution is 2.23. The molecule has 0 radical (unpaired) electrons. The topological polar surface area (TPSA) is 49.3 Å². The number of carboxylic acid groups (broad SMARTS) is 1. The molecule has 2 N–H and O–H groups in total. The van der Waals surface area contributed by atoms with Gasteiger partial charge in [-0.2, -0.15) is 0 Å². The molecule has 106 valence electrons. The average molecular weight is 328 g/mol. The molecule has 19 heavy (non-hydrogen) atoms. The van der Waals surface area contributed by atoms with Gasteiger partial charge in [0.1, 0.15) is 0 Å². The van der Waals surface area contributed by atoms with E-state index in [0.29, 0.717) is 0 Å². The van der Waals surface area contributed by atoms with E-state index in [-0.39, 0.29) is 11.8 Å². The van der Waals surface area contributed by atoms with E-state index < -0.39 is 5.97 Å². The number of hydrogen-bond donors (Lipinski definition) is 2. The van der Waals surface area contributed by atoms with Crippen molar-refractivity contribution in [2.24, 2.45) is 0 Å². The smallest absolute Gasteiger partial charge is 0.303 e. The maximum absolute atomic E-state index is 10.4. The van der Waals surface area contributed by atoms with Crippen LogP contribution >= 0.6 is 15.9 Å². The summed E-state index contributed by atoms with van der Waals surface area (Å²) in [5.41, 5.74) is 1.38. The minimum absolute atomic E-state index is 0.0769. The van der Waals surface area contributed by atoms with Gasteiger partial charge in [-0.05, 0) is 37.1 Å². The molecule has 1 aromatic rings. The van der Waals surface area contributed by atoms with Gasteiger partial charge in [-0.25, -0.2) is 0 Å². The number of unbranched alkanes of at least 4 members (excludes halogenated alkanes) is 1. The van der Waals surface area contributed by atoms with E-state index >= 15 is 0 Å². The minimum atomic E-state index is -0.713. The summed E-state index contributed by atoms with van der Waals surface area (Å²) in [6.07, 6.45) is 1.90. The Hall–Kier alpha value is -0.870. The van der Waals surface area contributed by atoms with E-state index in [4.69, 9.17) is 5.11 Å². The number of hydrogen-bond acceptors (Lipinski definition) is 2.